The van der Waals surface area contributed by atoms with Crippen LogP contribution in [0, 0.1) is 0 Å². The molecule has 4 heteroatoms. The lowest BCUT2D eigenvalue weighted by Gasteiger charge is -2.45. The number of hydrogen-bond donors (Lipinski definition) is 0. The van der Waals surface area contributed by atoms with Crippen LogP contribution in [0.4, 0.5) is 0 Å². The molecule has 2 aromatic carbocycles. The lowest BCUT2D eigenvalue weighted by molar-refractivity contribution is -0.145. The van der Waals surface area contributed by atoms with Gasteiger partial charge in [0.1, 0.15) is 5.70 Å². The van der Waals surface area contributed by atoms with Crippen molar-refractivity contribution in [3.63, 3.8) is 0 Å². The van der Waals surface area contributed by atoms with Crippen molar-refractivity contribution in [1.82, 2.24) is 4.90 Å². The Kier molecular flexibility index (Phi) is 4.30. The lowest BCUT2D eigenvalue weighted by Crippen LogP contribution is -2.48. The first-order chi connectivity index (χ1) is 11.8. The molecule has 1 saturated heterocycles. The molecular weight excluding hydrogens is 318 g/mol. The summed E-state index contributed by atoms with van der Waals surface area (Å²) in [6.07, 6.45) is 2.77. The van der Waals surface area contributed by atoms with E-state index in [1.165, 1.54) is 0 Å². The van der Waals surface area contributed by atoms with E-state index in [-0.39, 0.29) is 12.1 Å². The highest BCUT2D eigenvalue weighted by Gasteiger charge is 2.36. The zero-order valence-corrected chi connectivity index (χ0v) is 14.1. The Morgan fingerprint density at radius 1 is 1.04 bits per heavy atom. The molecule has 2 aliphatic heterocycles. The number of carbonyl (C=O) groups is 1. The van der Waals surface area contributed by atoms with Crippen LogP contribution in [-0.4, -0.2) is 28.5 Å². The molecule has 0 aromatic heterocycles. The topological polar surface area (TPSA) is 29.5 Å². The summed E-state index contributed by atoms with van der Waals surface area (Å²) in [5.74, 6) is 0.658. The van der Waals surface area contributed by atoms with Crippen molar-refractivity contribution in [2.45, 2.75) is 17.9 Å². The third-order valence-electron chi connectivity index (χ3n) is 4.48. The summed E-state index contributed by atoms with van der Waals surface area (Å²) in [6.45, 7) is 0.944. The summed E-state index contributed by atoms with van der Waals surface area (Å²) < 4.78 is 5.96. The van der Waals surface area contributed by atoms with Gasteiger partial charge in [-0.1, -0.05) is 60.7 Å². The molecule has 0 amide bonds. The van der Waals surface area contributed by atoms with Crippen LogP contribution < -0.4 is 0 Å². The van der Waals surface area contributed by atoms with Gasteiger partial charge < -0.3 is 9.64 Å². The molecule has 24 heavy (non-hydrogen) atoms. The maximum Gasteiger partial charge on any atom is 0.355 e. The van der Waals surface area contributed by atoms with Gasteiger partial charge in [0.05, 0.1) is 5.37 Å². The maximum absolute atomic E-state index is 12.8. The second-order valence-electron chi connectivity index (χ2n) is 5.97. The van der Waals surface area contributed by atoms with Crippen LogP contribution in [0.25, 0.3) is 0 Å². The van der Waals surface area contributed by atoms with Gasteiger partial charge >= 0.3 is 5.97 Å². The second-order valence-corrected chi connectivity index (χ2v) is 7.18. The Balaban J connectivity index is 1.60. The van der Waals surface area contributed by atoms with Gasteiger partial charge in [-0.15, -0.1) is 11.8 Å². The molecule has 2 aromatic rings. The quantitative estimate of drug-likeness (QED) is 0.789. The van der Waals surface area contributed by atoms with Crippen molar-refractivity contribution in [2.75, 3.05) is 12.3 Å². The number of carbonyl (C=O) groups excluding carboxylic acids is 1. The smallest absolute Gasteiger partial charge is 0.355 e. The van der Waals surface area contributed by atoms with E-state index in [2.05, 4.69) is 4.90 Å². The van der Waals surface area contributed by atoms with Crippen LogP contribution in [0.2, 0.25) is 0 Å². The minimum absolute atomic E-state index is 0.224. The number of fused-ring (bicyclic) bond motifs is 1. The third-order valence-corrected chi connectivity index (χ3v) is 5.71. The van der Waals surface area contributed by atoms with Crippen molar-refractivity contribution < 1.29 is 9.53 Å². The largest absolute Gasteiger partial charge is 0.448 e. The van der Waals surface area contributed by atoms with Crippen molar-refractivity contribution in [3.8, 4) is 0 Å². The molecule has 2 aliphatic rings. The van der Waals surface area contributed by atoms with Crippen LogP contribution in [0.3, 0.4) is 0 Å². The summed E-state index contributed by atoms with van der Waals surface area (Å²) in [4.78, 5) is 15.0. The standard InChI is InChI=1S/C20H19NO2S/c22-20(17-12-14-24-18-11-13-21(17)18)23-19(15-7-3-1-4-8-15)16-9-5-2-6-10-16/h1-10,12,18-19H,11,13-14H2. The molecular formula is C20H19NO2S. The van der Waals surface area contributed by atoms with Gasteiger partial charge in [0.2, 0.25) is 0 Å². The van der Waals surface area contributed by atoms with E-state index >= 15 is 0 Å². The molecule has 3 nitrogen and oxygen atoms in total. The van der Waals surface area contributed by atoms with Gasteiger partial charge in [-0.05, 0) is 23.6 Å². The van der Waals surface area contributed by atoms with Gasteiger partial charge in [0, 0.05) is 12.3 Å². The predicted octanol–water partition coefficient (Wildman–Crippen LogP) is 3.98. The fraction of sp³-hybridized carbons (Fsp3) is 0.250. The van der Waals surface area contributed by atoms with Gasteiger partial charge in [-0.25, -0.2) is 4.79 Å². The number of nitrogens with zero attached hydrogens (tertiary/aromatic N) is 1. The van der Waals surface area contributed by atoms with E-state index in [1.807, 2.05) is 78.5 Å². The number of rotatable bonds is 4. The Hall–Kier alpha value is -2.20. The third kappa shape index (κ3) is 2.94. The molecule has 0 radical (unpaired) electrons. The minimum atomic E-state index is -0.380. The monoisotopic (exact) mass is 337 g/mol. The number of hydrogen-bond acceptors (Lipinski definition) is 4. The Morgan fingerprint density at radius 2 is 1.67 bits per heavy atom. The fourth-order valence-electron chi connectivity index (χ4n) is 3.12. The second kappa shape index (κ2) is 6.73. The lowest BCUT2D eigenvalue weighted by atomic mass is 10.0. The molecule has 1 atom stereocenters. The molecule has 0 spiro atoms. The molecule has 0 bridgehead atoms. The molecule has 1 fully saturated rings. The molecule has 1 unspecified atom stereocenters. The van der Waals surface area contributed by atoms with E-state index in [4.69, 9.17) is 4.74 Å². The SMILES string of the molecule is O=C(OC(c1ccccc1)c1ccccc1)C1=CCSC2CCN12. The van der Waals surface area contributed by atoms with Gasteiger partial charge in [-0.2, -0.15) is 0 Å². The highest BCUT2D eigenvalue weighted by atomic mass is 32.2. The predicted molar refractivity (Wildman–Crippen MR) is 96.5 cm³/mol. The fourth-order valence-corrected chi connectivity index (χ4v) is 4.27. The summed E-state index contributed by atoms with van der Waals surface area (Å²) in [5, 5.41) is 0.449. The Morgan fingerprint density at radius 3 is 2.21 bits per heavy atom. The van der Waals surface area contributed by atoms with Crippen molar-refractivity contribution >= 4 is 17.7 Å². The van der Waals surface area contributed by atoms with Gasteiger partial charge in [0.15, 0.2) is 6.10 Å². The summed E-state index contributed by atoms with van der Waals surface area (Å²) >= 11 is 1.89. The van der Waals surface area contributed by atoms with Crippen LogP contribution in [-0.2, 0) is 9.53 Å². The summed E-state index contributed by atoms with van der Waals surface area (Å²) in [5.41, 5.74) is 2.70. The minimum Gasteiger partial charge on any atom is -0.448 e. The zero-order chi connectivity index (χ0) is 16.4. The maximum atomic E-state index is 12.8. The normalized spacial score (nSPS) is 19.3. The molecule has 4 rings (SSSR count). The number of esters is 1. The highest BCUT2D eigenvalue weighted by molar-refractivity contribution is 8.00. The first-order valence-corrected chi connectivity index (χ1v) is 9.27. The average molecular weight is 337 g/mol. The first kappa shape index (κ1) is 15.3. The highest BCUT2D eigenvalue weighted by Crippen LogP contribution is 2.37. The molecule has 0 N–H and O–H groups in total. The first-order valence-electron chi connectivity index (χ1n) is 8.22. The Labute approximate surface area is 146 Å². The number of benzene rings is 2. The average Bonchev–Trinajstić information content (AvgIpc) is 2.62. The van der Waals surface area contributed by atoms with Crippen LogP contribution in [0.5, 0.6) is 0 Å². The zero-order valence-electron chi connectivity index (χ0n) is 13.3. The van der Waals surface area contributed by atoms with E-state index < -0.39 is 0 Å². The van der Waals surface area contributed by atoms with Gasteiger partial charge in [-0.3, -0.25) is 0 Å². The molecule has 0 aliphatic carbocycles. The van der Waals surface area contributed by atoms with E-state index in [9.17, 15) is 4.79 Å². The van der Waals surface area contributed by atoms with Crippen LogP contribution >= 0.6 is 11.8 Å². The number of ether oxygens (including phenoxy) is 1. The molecule has 0 saturated carbocycles. The summed E-state index contributed by atoms with van der Waals surface area (Å²) in [7, 11) is 0. The van der Waals surface area contributed by atoms with Crippen molar-refractivity contribution in [1.29, 1.82) is 0 Å². The Bertz CT molecular complexity index is 705. The summed E-state index contributed by atoms with van der Waals surface area (Å²) in [6, 6.07) is 19.8. The van der Waals surface area contributed by atoms with Crippen LogP contribution in [0.15, 0.2) is 72.4 Å². The van der Waals surface area contributed by atoms with Crippen molar-refractivity contribution in [3.05, 3.63) is 83.6 Å². The van der Waals surface area contributed by atoms with E-state index in [0.29, 0.717) is 5.37 Å². The number of thioether (sulfide) groups is 1. The van der Waals surface area contributed by atoms with Gasteiger partial charge in [0.25, 0.3) is 0 Å². The van der Waals surface area contributed by atoms with Crippen LogP contribution in [0.1, 0.15) is 23.7 Å². The van der Waals surface area contributed by atoms with E-state index in [0.717, 1.165) is 35.5 Å². The van der Waals surface area contributed by atoms with E-state index in [1.54, 1.807) is 0 Å². The molecule has 122 valence electrons. The van der Waals surface area contributed by atoms with Crippen molar-refractivity contribution in [2.24, 2.45) is 0 Å². The molecule has 2 heterocycles.